The number of aromatic nitrogens is 1. The second-order valence-corrected chi connectivity index (χ2v) is 7.74. The molecule has 1 saturated carbocycles. The van der Waals surface area contributed by atoms with E-state index >= 15 is 0 Å². The van der Waals surface area contributed by atoms with Crippen molar-refractivity contribution in [1.29, 1.82) is 0 Å². The normalized spacial score (nSPS) is 25.9. The van der Waals surface area contributed by atoms with Crippen molar-refractivity contribution in [3.05, 3.63) is 23.9 Å². The lowest BCUT2D eigenvalue weighted by Crippen LogP contribution is -2.41. The lowest BCUT2D eigenvalue weighted by molar-refractivity contribution is -0.123. The molecule has 2 atom stereocenters. The zero-order valence-electron chi connectivity index (χ0n) is 15.8. The second kappa shape index (κ2) is 9.41. The molecule has 2 unspecified atom stereocenters. The lowest BCUT2D eigenvalue weighted by atomic mass is 9.92. The first kappa shape index (κ1) is 22.2. The van der Waals surface area contributed by atoms with Crippen molar-refractivity contribution in [3.8, 4) is 0 Å². The van der Waals surface area contributed by atoms with Gasteiger partial charge in [0.05, 0.1) is 12.7 Å². The molecule has 3 heterocycles. The van der Waals surface area contributed by atoms with Gasteiger partial charge >= 0.3 is 0 Å². The third-order valence-electron chi connectivity index (χ3n) is 5.95. The van der Waals surface area contributed by atoms with Gasteiger partial charge in [0, 0.05) is 31.7 Å². The van der Waals surface area contributed by atoms with Crippen molar-refractivity contribution in [2.24, 2.45) is 11.3 Å². The van der Waals surface area contributed by atoms with Gasteiger partial charge in [-0.25, -0.2) is 4.98 Å². The summed E-state index contributed by atoms with van der Waals surface area (Å²) in [5.41, 5.74) is 1.35. The molecule has 3 aliphatic rings. The Balaban J connectivity index is 0.00000131. The Bertz CT molecular complexity index is 623. The van der Waals surface area contributed by atoms with Crippen molar-refractivity contribution < 1.29 is 9.53 Å². The Morgan fingerprint density at radius 1 is 1.37 bits per heavy atom. The van der Waals surface area contributed by atoms with E-state index < -0.39 is 0 Å². The Morgan fingerprint density at radius 2 is 2.15 bits per heavy atom. The molecule has 2 saturated heterocycles. The van der Waals surface area contributed by atoms with Crippen LogP contribution in [0, 0.1) is 11.3 Å². The summed E-state index contributed by atoms with van der Waals surface area (Å²) in [4.78, 5) is 19.2. The number of carbonyl (C=O) groups is 1. The Kier molecular flexibility index (Phi) is 7.74. The highest BCUT2D eigenvalue weighted by molar-refractivity contribution is 5.85. The summed E-state index contributed by atoms with van der Waals surface area (Å²) in [7, 11) is 0. The van der Waals surface area contributed by atoms with E-state index in [2.05, 4.69) is 33.5 Å². The van der Waals surface area contributed by atoms with E-state index in [0.717, 1.165) is 63.4 Å². The van der Waals surface area contributed by atoms with Gasteiger partial charge < -0.3 is 20.3 Å². The molecule has 2 N–H and O–H groups in total. The number of morpholine rings is 1. The van der Waals surface area contributed by atoms with Crippen LogP contribution in [-0.4, -0.2) is 49.8 Å². The van der Waals surface area contributed by atoms with Crippen molar-refractivity contribution in [2.45, 2.75) is 38.8 Å². The van der Waals surface area contributed by atoms with Gasteiger partial charge in [-0.3, -0.25) is 4.79 Å². The molecule has 1 aliphatic carbocycles. The summed E-state index contributed by atoms with van der Waals surface area (Å²) < 4.78 is 5.57. The molecule has 4 rings (SSSR count). The predicted molar refractivity (Wildman–Crippen MR) is 111 cm³/mol. The summed E-state index contributed by atoms with van der Waals surface area (Å²) in [6.07, 6.45) is 5.46. The molecule has 6 nitrogen and oxygen atoms in total. The topological polar surface area (TPSA) is 66.5 Å². The molecule has 8 heteroatoms. The van der Waals surface area contributed by atoms with Crippen LogP contribution in [-0.2, 0) is 16.1 Å². The highest BCUT2D eigenvalue weighted by Gasteiger charge is 2.57. The van der Waals surface area contributed by atoms with E-state index in [-0.39, 0.29) is 42.7 Å². The molecule has 3 fully saturated rings. The number of nitrogens with zero attached hydrogens (tertiary/aromatic N) is 2. The van der Waals surface area contributed by atoms with E-state index in [1.54, 1.807) is 0 Å². The van der Waals surface area contributed by atoms with Gasteiger partial charge in [0.2, 0.25) is 5.91 Å². The fraction of sp³-hybridized carbons (Fsp3) is 0.684. The van der Waals surface area contributed by atoms with Crippen LogP contribution in [0.1, 0.15) is 31.7 Å². The van der Waals surface area contributed by atoms with Crippen LogP contribution in [0.15, 0.2) is 18.3 Å². The third-order valence-corrected chi connectivity index (χ3v) is 5.95. The predicted octanol–water partition coefficient (Wildman–Crippen LogP) is 2.16. The summed E-state index contributed by atoms with van der Waals surface area (Å²) in [6, 6.07) is 4.11. The molecule has 1 amide bonds. The maximum atomic E-state index is 12.4. The number of piperidine rings is 1. The molecule has 0 radical (unpaired) electrons. The minimum atomic E-state index is 0. The number of nitrogens with one attached hydrogen (secondary N) is 2. The number of amides is 1. The molecule has 27 heavy (non-hydrogen) atoms. The zero-order valence-corrected chi connectivity index (χ0v) is 17.4. The largest absolute Gasteiger partial charge is 0.375 e. The number of carbonyl (C=O) groups excluding carboxylic acids is 1. The average molecular weight is 417 g/mol. The van der Waals surface area contributed by atoms with Crippen molar-refractivity contribution in [3.63, 3.8) is 0 Å². The van der Waals surface area contributed by atoms with E-state index in [0.29, 0.717) is 12.0 Å². The summed E-state index contributed by atoms with van der Waals surface area (Å²) >= 11 is 0. The number of anilines is 1. The minimum Gasteiger partial charge on any atom is -0.375 e. The van der Waals surface area contributed by atoms with Crippen LogP contribution in [0.3, 0.4) is 0 Å². The SMILES string of the molecule is CC1CN(c2ccc(CNC(=O)C3CC34CCNCC4)cn2)CCO1.Cl.Cl. The highest BCUT2D eigenvalue weighted by atomic mass is 35.5. The number of hydrogen-bond donors (Lipinski definition) is 2. The molecule has 1 spiro atoms. The first-order valence-corrected chi connectivity index (χ1v) is 9.46. The van der Waals surface area contributed by atoms with Crippen LogP contribution < -0.4 is 15.5 Å². The molecule has 152 valence electrons. The van der Waals surface area contributed by atoms with Crippen molar-refractivity contribution in [2.75, 3.05) is 37.7 Å². The number of pyridine rings is 1. The zero-order chi connectivity index (χ0) is 17.3. The van der Waals surface area contributed by atoms with E-state index in [9.17, 15) is 4.79 Å². The third kappa shape index (κ3) is 5.05. The van der Waals surface area contributed by atoms with Gasteiger partial charge in [0.15, 0.2) is 0 Å². The molecule has 1 aromatic heterocycles. The van der Waals surface area contributed by atoms with Crippen molar-refractivity contribution >= 4 is 36.5 Å². The molecule has 0 aromatic carbocycles. The van der Waals surface area contributed by atoms with Gasteiger partial charge in [-0.15, -0.1) is 24.8 Å². The molecular formula is C19H30Cl2N4O2. The average Bonchev–Trinajstić information content (AvgIpc) is 3.33. The van der Waals surface area contributed by atoms with Gasteiger partial charge in [-0.2, -0.15) is 0 Å². The first-order chi connectivity index (χ1) is 12.2. The quantitative estimate of drug-likeness (QED) is 0.786. The van der Waals surface area contributed by atoms with Crippen LogP contribution >= 0.6 is 24.8 Å². The summed E-state index contributed by atoms with van der Waals surface area (Å²) in [5, 5.41) is 6.49. The number of hydrogen-bond acceptors (Lipinski definition) is 5. The second-order valence-electron chi connectivity index (χ2n) is 7.74. The Morgan fingerprint density at radius 3 is 2.81 bits per heavy atom. The van der Waals surface area contributed by atoms with Crippen LogP contribution in [0.25, 0.3) is 0 Å². The van der Waals surface area contributed by atoms with E-state index in [1.807, 2.05) is 12.3 Å². The fourth-order valence-electron chi connectivity index (χ4n) is 4.24. The van der Waals surface area contributed by atoms with E-state index in [4.69, 9.17) is 4.74 Å². The van der Waals surface area contributed by atoms with Crippen LogP contribution in [0.5, 0.6) is 0 Å². The molecular weight excluding hydrogens is 387 g/mol. The monoisotopic (exact) mass is 416 g/mol. The lowest BCUT2D eigenvalue weighted by Gasteiger charge is -2.32. The van der Waals surface area contributed by atoms with Gasteiger partial charge in [-0.05, 0) is 56.3 Å². The van der Waals surface area contributed by atoms with E-state index in [1.165, 1.54) is 0 Å². The molecule has 1 aromatic rings. The smallest absolute Gasteiger partial charge is 0.223 e. The highest BCUT2D eigenvalue weighted by Crippen LogP contribution is 2.58. The Hall–Kier alpha value is -1.08. The Labute approximate surface area is 173 Å². The molecule has 2 aliphatic heterocycles. The summed E-state index contributed by atoms with van der Waals surface area (Å²) in [5.74, 6) is 1.42. The maximum Gasteiger partial charge on any atom is 0.223 e. The summed E-state index contributed by atoms with van der Waals surface area (Å²) in [6.45, 7) is 7.26. The first-order valence-electron chi connectivity index (χ1n) is 9.46. The number of halogens is 2. The van der Waals surface area contributed by atoms with Crippen molar-refractivity contribution in [1.82, 2.24) is 15.6 Å². The minimum absolute atomic E-state index is 0. The van der Waals surface area contributed by atoms with Crippen LogP contribution in [0.2, 0.25) is 0 Å². The van der Waals surface area contributed by atoms with Gasteiger partial charge in [-0.1, -0.05) is 6.07 Å². The number of ether oxygens (including phenoxy) is 1. The molecule has 0 bridgehead atoms. The maximum absolute atomic E-state index is 12.4. The number of rotatable bonds is 4. The standard InChI is InChI=1S/C19H28N4O2.2ClH/c1-14-13-23(8-9-25-14)17-3-2-15(11-21-17)12-22-18(24)16-10-19(16)4-6-20-7-5-19;;/h2-3,11,14,16,20H,4-10,12-13H2,1H3,(H,22,24);2*1H. The fourth-order valence-corrected chi connectivity index (χ4v) is 4.24. The van der Waals surface area contributed by atoms with Crippen LogP contribution in [0.4, 0.5) is 5.82 Å². The van der Waals surface area contributed by atoms with Gasteiger partial charge in [0.25, 0.3) is 0 Å². The van der Waals surface area contributed by atoms with Gasteiger partial charge in [0.1, 0.15) is 5.82 Å².